The maximum Gasteiger partial charge on any atom is 0.0683 e. The summed E-state index contributed by atoms with van der Waals surface area (Å²) in [4.78, 5) is 0. The fourth-order valence-corrected chi connectivity index (χ4v) is 1.55. The maximum atomic E-state index is 5.37. The van der Waals surface area contributed by atoms with Crippen LogP contribution in [0.3, 0.4) is 0 Å². The lowest BCUT2D eigenvalue weighted by Crippen LogP contribution is -1.93. The van der Waals surface area contributed by atoms with E-state index in [2.05, 4.69) is 37.3 Å². The Morgan fingerprint density at radius 1 is 1.31 bits per heavy atom. The smallest absolute Gasteiger partial charge is 0.0683 e. The van der Waals surface area contributed by atoms with Gasteiger partial charge in [-0.15, -0.1) is 0 Å². The van der Waals surface area contributed by atoms with E-state index >= 15 is 0 Å². The van der Waals surface area contributed by atoms with Crippen LogP contribution in [0.4, 0.5) is 0 Å². The molecule has 1 fully saturated rings. The van der Waals surface area contributed by atoms with Gasteiger partial charge in [-0.1, -0.05) is 43.3 Å². The predicted molar refractivity (Wildman–Crippen MR) is 54.4 cm³/mol. The third-order valence-electron chi connectivity index (χ3n) is 2.42. The molecule has 13 heavy (non-hydrogen) atoms. The van der Waals surface area contributed by atoms with Crippen LogP contribution in [0.15, 0.2) is 35.9 Å². The van der Waals surface area contributed by atoms with E-state index in [0.29, 0.717) is 5.92 Å². The second-order valence-electron chi connectivity index (χ2n) is 3.55. The van der Waals surface area contributed by atoms with E-state index in [1.807, 2.05) is 6.07 Å². The molecule has 1 aromatic rings. The molecule has 1 saturated heterocycles. The number of benzene rings is 1. The van der Waals surface area contributed by atoms with Crippen LogP contribution in [0.2, 0.25) is 0 Å². The first-order valence-electron chi connectivity index (χ1n) is 4.69. The summed E-state index contributed by atoms with van der Waals surface area (Å²) in [6.07, 6.45) is 2.23. The van der Waals surface area contributed by atoms with Crippen LogP contribution in [0.25, 0.3) is 6.08 Å². The standard InChI is InChI=1S/C12H14O/c1-10-8-13-9-12(10)7-11-5-3-2-4-6-11/h2-7,10H,8-9H2,1H3/t10-/m1/s1. The van der Waals surface area contributed by atoms with Crippen LogP contribution in [0.1, 0.15) is 12.5 Å². The Morgan fingerprint density at radius 2 is 2.08 bits per heavy atom. The molecular weight excluding hydrogens is 160 g/mol. The Bertz CT molecular complexity index is 300. The van der Waals surface area contributed by atoms with E-state index in [9.17, 15) is 0 Å². The first-order valence-corrected chi connectivity index (χ1v) is 4.69. The molecule has 0 aliphatic carbocycles. The zero-order valence-corrected chi connectivity index (χ0v) is 7.86. The summed E-state index contributed by atoms with van der Waals surface area (Å²) in [6.45, 7) is 3.89. The molecule has 0 amide bonds. The lowest BCUT2D eigenvalue weighted by molar-refractivity contribution is 0.191. The highest BCUT2D eigenvalue weighted by Gasteiger charge is 2.15. The molecule has 1 nitrogen and oxygen atoms in total. The molecule has 0 aromatic heterocycles. The molecule has 1 atom stereocenters. The van der Waals surface area contributed by atoms with Crippen molar-refractivity contribution in [3.63, 3.8) is 0 Å². The van der Waals surface area contributed by atoms with Crippen LogP contribution in [-0.2, 0) is 4.74 Å². The molecule has 0 bridgehead atoms. The van der Waals surface area contributed by atoms with Gasteiger partial charge in [0.15, 0.2) is 0 Å². The van der Waals surface area contributed by atoms with Crippen molar-refractivity contribution in [3.8, 4) is 0 Å². The topological polar surface area (TPSA) is 9.23 Å². The highest BCUT2D eigenvalue weighted by Crippen LogP contribution is 2.21. The highest BCUT2D eigenvalue weighted by atomic mass is 16.5. The summed E-state index contributed by atoms with van der Waals surface area (Å²) in [5.41, 5.74) is 2.68. The summed E-state index contributed by atoms with van der Waals surface area (Å²) >= 11 is 0. The van der Waals surface area contributed by atoms with Gasteiger partial charge in [-0.25, -0.2) is 0 Å². The maximum absolute atomic E-state index is 5.37. The minimum Gasteiger partial charge on any atom is -0.376 e. The molecule has 0 unspecified atom stereocenters. The fraction of sp³-hybridized carbons (Fsp3) is 0.333. The Labute approximate surface area is 79.0 Å². The van der Waals surface area contributed by atoms with E-state index in [1.54, 1.807) is 0 Å². The minimum atomic E-state index is 0.584. The predicted octanol–water partition coefficient (Wildman–Crippen LogP) is 2.74. The Kier molecular flexibility index (Phi) is 2.46. The molecule has 2 rings (SSSR count). The molecule has 1 heteroatoms. The average molecular weight is 174 g/mol. The van der Waals surface area contributed by atoms with Crippen molar-refractivity contribution in [3.05, 3.63) is 41.5 Å². The number of rotatable bonds is 1. The molecular formula is C12H14O. The summed E-state index contributed by atoms with van der Waals surface area (Å²) in [7, 11) is 0. The number of hydrogen-bond donors (Lipinski definition) is 0. The van der Waals surface area contributed by atoms with Crippen molar-refractivity contribution < 1.29 is 4.74 Å². The monoisotopic (exact) mass is 174 g/mol. The molecule has 1 heterocycles. The van der Waals surface area contributed by atoms with E-state index < -0.39 is 0 Å². The van der Waals surface area contributed by atoms with Crippen LogP contribution in [0.5, 0.6) is 0 Å². The second-order valence-corrected chi connectivity index (χ2v) is 3.55. The number of hydrogen-bond acceptors (Lipinski definition) is 1. The minimum absolute atomic E-state index is 0.584. The largest absolute Gasteiger partial charge is 0.376 e. The van der Waals surface area contributed by atoms with Gasteiger partial charge in [0.2, 0.25) is 0 Å². The molecule has 1 aromatic carbocycles. The Balaban J connectivity index is 2.20. The molecule has 0 radical (unpaired) electrons. The van der Waals surface area contributed by atoms with Crippen molar-refractivity contribution in [2.75, 3.05) is 13.2 Å². The van der Waals surface area contributed by atoms with Crippen molar-refractivity contribution in [1.82, 2.24) is 0 Å². The molecule has 1 aliphatic rings. The lowest BCUT2D eigenvalue weighted by Gasteiger charge is -2.01. The molecule has 0 spiro atoms. The summed E-state index contributed by atoms with van der Waals surface area (Å²) < 4.78 is 5.37. The SMILES string of the molecule is C[C@@H]1COCC1=Cc1ccccc1. The van der Waals surface area contributed by atoms with E-state index in [0.717, 1.165) is 13.2 Å². The average Bonchev–Trinajstić information content (AvgIpc) is 2.54. The Hall–Kier alpha value is -1.08. The van der Waals surface area contributed by atoms with Gasteiger partial charge in [0, 0.05) is 5.92 Å². The van der Waals surface area contributed by atoms with Gasteiger partial charge in [0.1, 0.15) is 0 Å². The van der Waals surface area contributed by atoms with Crippen molar-refractivity contribution in [2.45, 2.75) is 6.92 Å². The van der Waals surface area contributed by atoms with Gasteiger partial charge in [-0.05, 0) is 11.1 Å². The van der Waals surface area contributed by atoms with Gasteiger partial charge in [0.25, 0.3) is 0 Å². The first-order chi connectivity index (χ1) is 6.36. The molecule has 0 N–H and O–H groups in total. The first kappa shape index (κ1) is 8.52. The molecule has 68 valence electrons. The molecule has 1 aliphatic heterocycles. The van der Waals surface area contributed by atoms with Gasteiger partial charge < -0.3 is 4.74 Å². The van der Waals surface area contributed by atoms with Crippen LogP contribution < -0.4 is 0 Å². The van der Waals surface area contributed by atoms with Crippen molar-refractivity contribution in [1.29, 1.82) is 0 Å². The van der Waals surface area contributed by atoms with Crippen LogP contribution in [0, 0.1) is 5.92 Å². The van der Waals surface area contributed by atoms with Crippen molar-refractivity contribution >= 4 is 6.08 Å². The third-order valence-corrected chi connectivity index (χ3v) is 2.42. The summed E-state index contributed by atoms with van der Waals surface area (Å²) in [5, 5.41) is 0. The van der Waals surface area contributed by atoms with E-state index in [4.69, 9.17) is 4.74 Å². The Morgan fingerprint density at radius 3 is 2.69 bits per heavy atom. The van der Waals surface area contributed by atoms with E-state index in [-0.39, 0.29) is 0 Å². The zero-order chi connectivity index (χ0) is 9.10. The quantitative estimate of drug-likeness (QED) is 0.636. The summed E-state index contributed by atoms with van der Waals surface area (Å²) in [6, 6.07) is 10.4. The van der Waals surface area contributed by atoms with Gasteiger partial charge >= 0.3 is 0 Å². The highest BCUT2D eigenvalue weighted by molar-refractivity contribution is 5.53. The van der Waals surface area contributed by atoms with E-state index in [1.165, 1.54) is 11.1 Å². The third kappa shape index (κ3) is 1.99. The number of ether oxygens (including phenoxy) is 1. The second kappa shape index (κ2) is 3.75. The normalized spacial score (nSPS) is 25.3. The fourth-order valence-electron chi connectivity index (χ4n) is 1.55. The summed E-state index contributed by atoms with van der Waals surface area (Å²) in [5.74, 6) is 0.584. The van der Waals surface area contributed by atoms with Crippen LogP contribution in [-0.4, -0.2) is 13.2 Å². The lowest BCUT2D eigenvalue weighted by atomic mass is 10.0. The van der Waals surface area contributed by atoms with Gasteiger partial charge in [0.05, 0.1) is 13.2 Å². The van der Waals surface area contributed by atoms with Crippen LogP contribution >= 0.6 is 0 Å². The van der Waals surface area contributed by atoms with Crippen molar-refractivity contribution in [2.24, 2.45) is 5.92 Å². The zero-order valence-electron chi connectivity index (χ0n) is 7.86. The van der Waals surface area contributed by atoms with Gasteiger partial charge in [-0.2, -0.15) is 0 Å². The van der Waals surface area contributed by atoms with Gasteiger partial charge in [-0.3, -0.25) is 0 Å². The molecule has 0 saturated carbocycles.